The first-order valence-electron chi connectivity index (χ1n) is 9.46. The third-order valence-electron chi connectivity index (χ3n) is 5.20. The molecule has 4 rings (SSSR count). The number of rotatable bonds is 5. The Bertz CT molecular complexity index is 1090. The molecule has 148 valence electrons. The van der Waals surface area contributed by atoms with Gasteiger partial charge in [-0.3, -0.25) is 0 Å². The monoisotopic (exact) mass is 467 g/mol. The van der Waals surface area contributed by atoms with E-state index in [1.807, 2.05) is 48.5 Å². The summed E-state index contributed by atoms with van der Waals surface area (Å²) in [6.45, 7) is 0.756. The molecule has 1 fully saturated rings. The van der Waals surface area contributed by atoms with Gasteiger partial charge >= 0.3 is 0 Å². The lowest BCUT2D eigenvalue weighted by molar-refractivity contribution is 0.182. The summed E-state index contributed by atoms with van der Waals surface area (Å²) in [5, 5.41) is 1.43. The molecule has 29 heavy (non-hydrogen) atoms. The van der Waals surface area contributed by atoms with Gasteiger partial charge in [-0.15, -0.1) is 0 Å². The van der Waals surface area contributed by atoms with Crippen LogP contribution in [-0.2, 0) is 9.84 Å². The molecule has 3 aromatic carbocycles. The molecular formula is C24H22BrNO2S. The Labute approximate surface area is 180 Å². The number of hydrogen-bond acceptors (Lipinski definition) is 3. The molecule has 0 spiro atoms. The van der Waals surface area contributed by atoms with Gasteiger partial charge in [-0.2, -0.15) is 0 Å². The SMILES string of the molecule is CS(=O)(=O)C=C1C(c2cccc(Br)c2)CN1C(c1ccccc1)c1ccccc1. The second kappa shape index (κ2) is 8.17. The smallest absolute Gasteiger partial charge is 0.170 e. The van der Waals surface area contributed by atoms with E-state index in [0.717, 1.165) is 33.4 Å². The maximum Gasteiger partial charge on any atom is 0.170 e. The first-order valence-corrected chi connectivity index (χ1v) is 12.2. The molecule has 1 aliphatic heterocycles. The fourth-order valence-electron chi connectivity index (χ4n) is 3.93. The molecule has 0 N–H and O–H groups in total. The highest BCUT2D eigenvalue weighted by atomic mass is 79.9. The van der Waals surface area contributed by atoms with Crippen molar-refractivity contribution in [3.05, 3.63) is 117 Å². The van der Waals surface area contributed by atoms with Gasteiger partial charge in [0.25, 0.3) is 0 Å². The second-order valence-corrected chi connectivity index (χ2v) is 10.2. The van der Waals surface area contributed by atoms with Crippen LogP contribution >= 0.6 is 15.9 Å². The number of likely N-dealkylation sites (tertiary alicyclic amines) is 1. The lowest BCUT2D eigenvalue weighted by atomic mass is 9.83. The molecule has 1 heterocycles. The van der Waals surface area contributed by atoms with Gasteiger partial charge in [0.15, 0.2) is 9.84 Å². The van der Waals surface area contributed by atoms with Gasteiger partial charge in [0.1, 0.15) is 0 Å². The zero-order valence-corrected chi connectivity index (χ0v) is 18.5. The van der Waals surface area contributed by atoms with Crippen molar-refractivity contribution in [2.75, 3.05) is 12.8 Å². The Kier molecular flexibility index (Phi) is 5.61. The number of benzene rings is 3. The van der Waals surface area contributed by atoms with Crippen LogP contribution in [0.3, 0.4) is 0 Å². The molecule has 1 unspecified atom stereocenters. The minimum atomic E-state index is -3.28. The summed E-state index contributed by atoms with van der Waals surface area (Å²) in [6.07, 6.45) is 1.26. The van der Waals surface area contributed by atoms with E-state index >= 15 is 0 Å². The third kappa shape index (κ3) is 4.46. The topological polar surface area (TPSA) is 37.4 Å². The van der Waals surface area contributed by atoms with Crippen molar-refractivity contribution in [1.82, 2.24) is 4.90 Å². The Balaban J connectivity index is 1.79. The van der Waals surface area contributed by atoms with Crippen LogP contribution in [0.15, 0.2) is 101 Å². The molecule has 0 bridgehead atoms. The molecule has 1 atom stereocenters. The van der Waals surface area contributed by atoms with E-state index in [4.69, 9.17) is 0 Å². The number of nitrogens with zero attached hydrogens (tertiary/aromatic N) is 1. The highest BCUT2D eigenvalue weighted by molar-refractivity contribution is 9.10. The van der Waals surface area contributed by atoms with Crippen molar-refractivity contribution in [2.24, 2.45) is 0 Å². The van der Waals surface area contributed by atoms with Crippen LogP contribution in [0.2, 0.25) is 0 Å². The van der Waals surface area contributed by atoms with Gasteiger partial charge in [0.2, 0.25) is 0 Å². The van der Waals surface area contributed by atoms with Crippen LogP contribution in [0.5, 0.6) is 0 Å². The fourth-order valence-corrected chi connectivity index (χ4v) is 5.08. The normalized spacial score (nSPS) is 18.1. The molecule has 3 nitrogen and oxygen atoms in total. The minimum Gasteiger partial charge on any atom is -0.362 e. The van der Waals surface area contributed by atoms with Gasteiger partial charge in [0.05, 0.1) is 11.4 Å². The van der Waals surface area contributed by atoms with Gasteiger partial charge in [-0.1, -0.05) is 88.7 Å². The predicted octanol–water partition coefficient (Wildman–Crippen LogP) is 5.52. The zero-order chi connectivity index (χ0) is 20.4. The quantitative estimate of drug-likeness (QED) is 0.495. The fraction of sp³-hybridized carbons (Fsp3) is 0.167. The summed E-state index contributed by atoms with van der Waals surface area (Å²) < 4.78 is 25.4. The van der Waals surface area contributed by atoms with E-state index in [1.165, 1.54) is 11.7 Å². The molecule has 0 radical (unpaired) electrons. The van der Waals surface area contributed by atoms with E-state index in [9.17, 15) is 8.42 Å². The number of hydrogen-bond donors (Lipinski definition) is 0. The Hall–Kier alpha value is -2.37. The molecule has 0 aliphatic carbocycles. The Morgan fingerprint density at radius 3 is 2.03 bits per heavy atom. The first kappa shape index (κ1) is 19.9. The molecule has 1 saturated heterocycles. The number of halogens is 1. The van der Waals surface area contributed by atoms with Crippen molar-refractivity contribution >= 4 is 25.8 Å². The summed E-state index contributed by atoms with van der Waals surface area (Å²) in [6, 6.07) is 28.6. The standard InChI is InChI=1S/C24H22BrNO2S/c1-29(27,28)17-23-22(20-13-8-14-21(25)15-20)16-26(23)24(18-9-4-2-5-10-18)19-11-6-3-7-12-19/h2-15,17,22,24H,16H2,1H3. The molecule has 0 amide bonds. The minimum absolute atomic E-state index is 0.0335. The van der Waals surface area contributed by atoms with Crippen LogP contribution in [0.25, 0.3) is 0 Å². The zero-order valence-electron chi connectivity index (χ0n) is 16.1. The molecule has 3 aromatic rings. The summed E-state index contributed by atoms with van der Waals surface area (Å²) >= 11 is 3.53. The summed E-state index contributed by atoms with van der Waals surface area (Å²) in [4.78, 5) is 2.21. The van der Waals surface area contributed by atoms with E-state index in [-0.39, 0.29) is 12.0 Å². The molecule has 5 heteroatoms. The van der Waals surface area contributed by atoms with E-state index in [1.54, 1.807) is 0 Å². The second-order valence-electron chi connectivity index (χ2n) is 7.36. The van der Waals surface area contributed by atoms with Crippen molar-refractivity contribution in [3.8, 4) is 0 Å². The highest BCUT2D eigenvalue weighted by Crippen LogP contribution is 2.46. The van der Waals surface area contributed by atoms with Crippen LogP contribution in [0.1, 0.15) is 28.7 Å². The van der Waals surface area contributed by atoms with Gasteiger partial charge < -0.3 is 4.90 Å². The van der Waals surface area contributed by atoms with E-state index in [0.29, 0.717) is 0 Å². The first-order chi connectivity index (χ1) is 13.9. The van der Waals surface area contributed by atoms with Gasteiger partial charge in [0, 0.05) is 28.9 Å². The van der Waals surface area contributed by atoms with Crippen LogP contribution in [0.4, 0.5) is 0 Å². The molecule has 0 aromatic heterocycles. The summed E-state index contributed by atoms with van der Waals surface area (Å²) in [7, 11) is -3.28. The summed E-state index contributed by atoms with van der Waals surface area (Å²) in [5.74, 6) is 0.0529. The van der Waals surface area contributed by atoms with Crippen LogP contribution in [-0.4, -0.2) is 26.1 Å². The average Bonchev–Trinajstić information content (AvgIpc) is 2.70. The van der Waals surface area contributed by atoms with Crippen molar-refractivity contribution in [3.63, 3.8) is 0 Å². The van der Waals surface area contributed by atoms with Crippen LogP contribution in [0, 0.1) is 0 Å². The molecule has 1 aliphatic rings. The third-order valence-corrected chi connectivity index (χ3v) is 6.36. The Morgan fingerprint density at radius 2 is 1.52 bits per heavy atom. The Morgan fingerprint density at radius 1 is 0.931 bits per heavy atom. The largest absolute Gasteiger partial charge is 0.362 e. The van der Waals surface area contributed by atoms with Crippen molar-refractivity contribution in [2.45, 2.75) is 12.0 Å². The van der Waals surface area contributed by atoms with E-state index < -0.39 is 9.84 Å². The molecule has 0 saturated carbocycles. The average molecular weight is 468 g/mol. The molecular weight excluding hydrogens is 446 g/mol. The highest BCUT2D eigenvalue weighted by Gasteiger charge is 2.39. The maximum absolute atomic E-state index is 12.2. The van der Waals surface area contributed by atoms with E-state index in [2.05, 4.69) is 57.2 Å². The summed E-state index contributed by atoms with van der Waals surface area (Å²) in [5.41, 5.74) is 4.24. The number of sulfone groups is 1. The van der Waals surface area contributed by atoms with Gasteiger partial charge in [-0.25, -0.2) is 8.42 Å². The lowest BCUT2D eigenvalue weighted by Crippen LogP contribution is -2.45. The van der Waals surface area contributed by atoms with Crippen LogP contribution < -0.4 is 0 Å². The maximum atomic E-state index is 12.2. The predicted molar refractivity (Wildman–Crippen MR) is 121 cm³/mol. The van der Waals surface area contributed by atoms with Gasteiger partial charge in [-0.05, 0) is 28.8 Å². The van der Waals surface area contributed by atoms with Crippen molar-refractivity contribution < 1.29 is 8.42 Å². The van der Waals surface area contributed by atoms with Crippen molar-refractivity contribution in [1.29, 1.82) is 0 Å². The lowest BCUT2D eigenvalue weighted by Gasteiger charge is -2.49.